The SMILES string of the molecule is NC(=O)CCC(Sc1nnn[nH]1)C1=C(C(=O)O)N2C(=O)C(N)[C@@H]2SC1. The van der Waals surface area contributed by atoms with Crippen LogP contribution in [0, 0.1) is 0 Å². The average molecular weight is 385 g/mol. The van der Waals surface area contributed by atoms with Crippen LogP contribution in [0.3, 0.4) is 0 Å². The summed E-state index contributed by atoms with van der Waals surface area (Å²) in [6.07, 6.45) is 0.364. The highest BCUT2D eigenvalue weighted by Gasteiger charge is 2.52. The molecular weight excluding hydrogens is 370 g/mol. The van der Waals surface area contributed by atoms with E-state index in [9.17, 15) is 19.5 Å². The molecule has 6 N–H and O–H groups in total. The smallest absolute Gasteiger partial charge is 0.352 e. The lowest BCUT2D eigenvalue weighted by atomic mass is 10.0. The van der Waals surface area contributed by atoms with Crippen molar-refractivity contribution < 1.29 is 19.5 Å². The van der Waals surface area contributed by atoms with Crippen molar-refractivity contribution in [2.45, 2.75) is 34.7 Å². The molecule has 1 saturated heterocycles. The van der Waals surface area contributed by atoms with E-state index in [2.05, 4.69) is 20.6 Å². The quantitative estimate of drug-likeness (QED) is 0.319. The summed E-state index contributed by atoms with van der Waals surface area (Å²) in [6, 6.07) is -0.698. The number of rotatable bonds is 7. The van der Waals surface area contributed by atoms with Crippen LogP contribution < -0.4 is 11.5 Å². The first kappa shape index (κ1) is 17.7. The molecule has 2 unspecified atom stereocenters. The largest absolute Gasteiger partial charge is 0.477 e. The fraction of sp³-hybridized carbons (Fsp3) is 0.500. The van der Waals surface area contributed by atoms with Crippen molar-refractivity contribution in [2.24, 2.45) is 11.5 Å². The highest BCUT2D eigenvalue weighted by molar-refractivity contribution is 8.01. The third-order valence-electron chi connectivity index (χ3n) is 3.86. The number of fused-ring (bicyclic) bond motifs is 1. The molecule has 2 aliphatic heterocycles. The fourth-order valence-electron chi connectivity index (χ4n) is 2.70. The molecule has 1 aromatic heterocycles. The van der Waals surface area contributed by atoms with Crippen molar-refractivity contribution in [3.63, 3.8) is 0 Å². The molecule has 0 spiro atoms. The van der Waals surface area contributed by atoms with Gasteiger partial charge in [-0.25, -0.2) is 9.89 Å². The lowest BCUT2D eigenvalue weighted by Gasteiger charge is -2.48. The Hall–Kier alpha value is -2.12. The number of thioether (sulfide) groups is 2. The van der Waals surface area contributed by atoms with Gasteiger partial charge >= 0.3 is 5.97 Å². The van der Waals surface area contributed by atoms with Gasteiger partial charge in [0.2, 0.25) is 17.0 Å². The van der Waals surface area contributed by atoms with Crippen molar-refractivity contribution in [3.05, 3.63) is 11.3 Å². The highest BCUT2D eigenvalue weighted by Crippen LogP contribution is 2.43. The lowest BCUT2D eigenvalue weighted by Crippen LogP contribution is -2.68. The van der Waals surface area contributed by atoms with Gasteiger partial charge in [0.05, 0.1) is 0 Å². The molecule has 13 heteroatoms. The molecule has 134 valence electrons. The number of carboxylic acids is 1. The number of H-pyrrole nitrogens is 1. The van der Waals surface area contributed by atoms with Crippen molar-refractivity contribution in [1.29, 1.82) is 0 Å². The van der Waals surface area contributed by atoms with E-state index in [4.69, 9.17) is 11.5 Å². The van der Waals surface area contributed by atoms with Gasteiger partial charge in [0.15, 0.2) is 0 Å². The average Bonchev–Trinajstić information content (AvgIpc) is 3.09. The van der Waals surface area contributed by atoms with Crippen molar-refractivity contribution in [2.75, 3.05) is 5.75 Å². The minimum Gasteiger partial charge on any atom is -0.477 e. The molecule has 0 bridgehead atoms. The third-order valence-corrected chi connectivity index (χ3v) is 6.39. The van der Waals surface area contributed by atoms with Gasteiger partial charge in [-0.15, -0.1) is 16.9 Å². The Labute approximate surface area is 149 Å². The van der Waals surface area contributed by atoms with E-state index < -0.39 is 29.1 Å². The summed E-state index contributed by atoms with van der Waals surface area (Å²) in [6.45, 7) is 0. The van der Waals surface area contributed by atoms with Crippen LogP contribution in [0.5, 0.6) is 0 Å². The van der Waals surface area contributed by atoms with Crippen LogP contribution in [-0.2, 0) is 14.4 Å². The lowest BCUT2D eigenvalue weighted by molar-refractivity contribution is -0.148. The van der Waals surface area contributed by atoms with Crippen LogP contribution in [0.15, 0.2) is 16.4 Å². The molecule has 0 aliphatic carbocycles. The van der Waals surface area contributed by atoms with Gasteiger partial charge in [0.25, 0.3) is 0 Å². The number of hydrogen-bond acceptors (Lipinski definition) is 9. The first-order chi connectivity index (χ1) is 11.9. The molecule has 2 amide bonds. The summed E-state index contributed by atoms with van der Waals surface area (Å²) in [4.78, 5) is 36.2. The molecule has 2 aliphatic rings. The summed E-state index contributed by atoms with van der Waals surface area (Å²) in [7, 11) is 0. The number of aromatic amines is 1. The molecule has 1 aromatic rings. The second-order valence-corrected chi connectivity index (χ2v) is 7.73. The topological polar surface area (TPSA) is 181 Å². The number of nitrogens with two attached hydrogens (primary N) is 2. The van der Waals surface area contributed by atoms with Crippen molar-refractivity contribution in [3.8, 4) is 0 Å². The molecule has 0 aromatic carbocycles. The van der Waals surface area contributed by atoms with Crippen LogP contribution in [0.1, 0.15) is 12.8 Å². The number of primary amides is 1. The van der Waals surface area contributed by atoms with Gasteiger partial charge in [0.1, 0.15) is 17.1 Å². The van der Waals surface area contributed by atoms with Crippen LogP contribution in [0.4, 0.5) is 0 Å². The Balaban J connectivity index is 1.94. The van der Waals surface area contributed by atoms with E-state index in [0.717, 1.165) is 0 Å². The van der Waals surface area contributed by atoms with E-state index in [0.29, 0.717) is 22.9 Å². The van der Waals surface area contributed by atoms with E-state index >= 15 is 0 Å². The Morgan fingerprint density at radius 2 is 2.28 bits per heavy atom. The third kappa shape index (κ3) is 3.34. The number of carbonyl (C=O) groups excluding carboxylic acids is 2. The zero-order chi connectivity index (χ0) is 18.1. The maximum Gasteiger partial charge on any atom is 0.352 e. The van der Waals surface area contributed by atoms with E-state index in [-0.39, 0.29) is 17.5 Å². The Kier molecular flexibility index (Phi) is 4.96. The maximum absolute atomic E-state index is 12.0. The minimum absolute atomic E-state index is 0.0667. The second kappa shape index (κ2) is 7.01. The molecular formula is C12H15N7O4S2. The van der Waals surface area contributed by atoms with Crippen LogP contribution in [0.25, 0.3) is 0 Å². The molecule has 3 atom stereocenters. The van der Waals surface area contributed by atoms with Crippen molar-refractivity contribution >= 4 is 41.3 Å². The van der Waals surface area contributed by atoms with Gasteiger partial charge in [-0.05, 0) is 22.4 Å². The summed E-state index contributed by atoms with van der Waals surface area (Å²) in [5.74, 6) is -1.75. The monoisotopic (exact) mass is 385 g/mol. The Bertz CT molecular complexity index is 738. The molecule has 0 radical (unpaired) electrons. The van der Waals surface area contributed by atoms with Gasteiger partial charge in [0, 0.05) is 17.4 Å². The van der Waals surface area contributed by atoms with Gasteiger partial charge in [-0.1, -0.05) is 11.8 Å². The number of aromatic nitrogens is 4. The number of aliphatic carboxylic acids is 1. The van der Waals surface area contributed by atoms with Gasteiger partial charge in [-0.2, -0.15) is 0 Å². The number of carboxylic acid groups (broad SMARTS) is 1. The van der Waals surface area contributed by atoms with Crippen LogP contribution in [-0.4, -0.2) is 70.8 Å². The highest BCUT2D eigenvalue weighted by atomic mass is 32.2. The maximum atomic E-state index is 12.0. The minimum atomic E-state index is -1.21. The number of tetrazole rings is 1. The molecule has 1 fully saturated rings. The summed E-state index contributed by atoms with van der Waals surface area (Å²) in [5.41, 5.74) is 11.4. The predicted molar refractivity (Wildman–Crippen MR) is 88.0 cm³/mol. The molecule has 0 saturated carbocycles. The van der Waals surface area contributed by atoms with Crippen LogP contribution in [0.2, 0.25) is 0 Å². The number of carbonyl (C=O) groups is 3. The van der Waals surface area contributed by atoms with Gasteiger partial charge in [-0.3, -0.25) is 14.5 Å². The fourth-order valence-corrected chi connectivity index (χ4v) is 5.19. The van der Waals surface area contributed by atoms with Crippen LogP contribution >= 0.6 is 23.5 Å². The van der Waals surface area contributed by atoms with E-state index in [1.807, 2.05) is 0 Å². The molecule has 11 nitrogen and oxygen atoms in total. The summed E-state index contributed by atoms with van der Waals surface area (Å²) >= 11 is 2.59. The number of amides is 2. The zero-order valence-corrected chi connectivity index (χ0v) is 14.4. The molecule has 3 rings (SSSR count). The standard InChI is InChI=1S/C12H15N7O4S2/c13-6(20)2-1-5(25-12-15-17-18-16-12)4-3-24-10-7(14)9(21)19(10)8(4)11(22)23/h5,7,10H,1-3,14H2,(H2,13,20)(H,22,23)(H,15,16,17,18)/t5?,7?,10-/m0/s1. The van der Waals surface area contributed by atoms with E-state index in [1.54, 1.807) is 0 Å². The van der Waals surface area contributed by atoms with E-state index in [1.165, 1.54) is 28.4 Å². The Morgan fingerprint density at radius 1 is 1.52 bits per heavy atom. The first-order valence-corrected chi connectivity index (χ1v) is 9.18. The molecule has 3 heterocycles. The molecule has 25 heavy (non-hydrogen) atoms. The number of β-lactam (4-membered cyclic amide) rings is 1. The zero-order valence-electron chi connectivity index (χ0n) is 12.8. The number of nitrogens with one attached hydrogen (secondary N) is 1. The second-order valence-electron chi connectivity index (χ2n) is 5.43. The number of hydrogen-bond donors (Lipinski definition) is 4. The normalized spacial score (nSPS) is 23.9. The summed E-state index contributed by atoms with van der Waals surface area (Å²) in [5, 5.41) is 22.5. The van der Waals surface area contributed by atoms with Crippen molar-refractivity contribution in [1.82, 2.24) is 25.5 Å². The number of nitrogens with zero attached hydrogens (tertiary/aromatic N) is 4. The van der Waals surface area contributed by atoms with Gasteiger partial charge < -0.3 is 16.6 Å². The predicted octanol–water partition coefficient (Wildman–Crippen LogP) is -1.49. The Morgan fingerprint density at radius 3 is 2.88 bits per heavy atom. The first-order valence-electron chi connectivity index (χ1n) is 7.25. The summed E-state index contributed by atoms with van der Waals surface area (Å²) < 4.78 is 0.